The maximum Gasteiger partial charge on any atom is 0.124 e. The van der Waals surface area contributed by atoms with E-state index < -0.39 is 5.60 Å². The van der Waals surface area contributed by atoms with Gasteiger partial charge in [-0.1, -0.05) is 45.4 Å². The van der Waals surface area contributed by atoms with Gasteiger partial charge < -0.3 is 5.11 Å². The van der Waals surface area contributed by atoms with Gasteiger partial charge >= 0.3 is 0 Å². The fourth-order valence-electron chi connectivity index (χ4n) is 2.77. The highest BCUT2D eigenvalue weighted by Gasteiger charge is 2.30. The molecule has 0 bridgehead atoms. The predicted molar refractivity (Wildman–Crippen MR) is 79.0 cm³/mol. The zero-order chi connectivity index (χ0) is 14.6. The second-order valence-corrected chi connectivity index (χ2v) is 6.74. The first-order chi connectivity index (χ1) is 8.72. The Balaban J connectivity index is 2.93. The SMILES string of the molecule is CC(C)CC(O)(Cc1ccc(F)cc1Cl)CC(C)C. The van der Waals surface area contributed by atoms with Crippen molar-refractivity contribution in [2.75, 3.05) is 0 Å². The van der Waals surface area contributed by atoms with Gasteiger partial charge in [-0.05, 0) is 42.4 Å². The molecule has 0 radical (unpaired) electrons. The Labute approximate surface area is 120 Å². The summed E-state index contributed by atoms with van der Waals surface area (Å²) in [6.07, 6.45) is 1.92. The molecule has 0 heterocycles. The quantitative estimate of drug-likeness (QED) is 0.793. The smallest absolute Gasteiger partial charge is 0.124 e. The number of hydrogen-bond acceptors (Lipinski definition) is 1. The number of benzene rings is 1. The molecule has 1 rings (SSSR count). The highest BCUT2D eigenvalue weighted by atomic mass is 35.5. The monoisotopic (exact) mass is 286 g/mol. The molecule has 0 saturated heterocycles. The third kappa shape index (κ3) is 5.50. The van der Waals surface area contributed by atoms with Crippen LogP contribution >= 0.6 is 11.6 Å². The first kappa shape index (κ1) is 16.5. The molecule has 0 unspecified atom stereocenters. The van der Waals surface area contributed by atoms with Crippen LogP contribution in [-0.2, 0) is 6.42 Å². The van der Waals surface area contributed by atoms with Crippen LogP contribution in [0, 0.1) is 17.7 Å². The van der Waals surface area contributed by atoms with Gasteiger partial charge in [-0.3, -0.25) is 0 Å². The minimum Gasteiger partial charge on any atom is -0.390 e. The molecule has 0 aromatic heterocycles. The molecule has 1 aromatic carbocycles. The van der Waals surface area contributed by atoms with Gasteiger partial charge in [0.05, 0.1) is 5.60 Å². The second kappa shape index (κ2) is 6.71. The summed E-state index contributed by atoms with van der Waals surface area (Å²) >= 11 is 6.06. The maximum absolute atomic E-state index is 13.1. The van der Waals surface area contributed by atoms with Crippen LogP contribution in [0.15, 0.2) is 18.2 Å². The Morgan fingerprint density at radius 1 is 1.16 bits per heavy atom. The van der Waals surface area contributed by atoms with E-state index in [-0.39, 0.29) is 5.82 Å². The van der Waals surface area contributed by atoms with E-state index in [9.17, 15) is 9.50 Å². The Bertz CT molecular complexity index is 405. The lowest BCUT2D eigenvalue weighted by Crippen LogP contribution is -2.35. The van der Waals surface area contributed by atoms with Gasteiger partial charge in [0.25, 0.3) is 0 Å². The Kier molecular flexibility index (Phi) is 5.82. The van der Waals surface area contributed by atoms with Gasteiger partial charge in [0.1, 0.15) is 5.82 Å². The molecule has 0 aliphatic carbocycles. The van der Waals surface area contributed by atoms with Crippen molar-refractivity contribution in [1.82, 2.24) is 0 Å². The molecule has 0 aliphatic rings. The average Bonchev–Trinajstić information content (AvgIpc) is 2.19. The summed E-state index contributed by atoms with van der Waals surface area (Å²) in [7, 11) is 0. The molecule has 0 aliphatic heterocycles. The molecule has 0 spiro atoms. The Morgan fingerprint density at radius 2 is 1.68 bits per heavy atom. The largest absolute Gasteiger partial charge is 0.390 e. The lowest BCUT2D eigenvalue weighted by atomic mass is 9.80. The number of hydrogen-bond donors (Lipinski definition) is 1. The highest BCUT2D eigenvalue weighted by molar-refractivity contribution is 6.31. The Hall–Kier alpha value is -0.600. The van der Waals surface area contributed by atoms with Crippen LogP contribution in [-0.4, -0.2) is 10.7 Å². The van der Waals surface area contributed by atoms with Gasteiger partial charge in [0, 0.05) is 11.4 Å². The number of halogens is 2. The Morgan fingerprint density at radius 3 is 2.11 bits per heavy atom. The first-order valence-electron chi connectivity index (χ1n) is 6.88. The molecular formula is C16H24ClFO. The van der Waals surface area contributed by atoms with Crippen molar-refractivity contribution in [2.24, 2.45) is 11.8 Å². The molecule has 1 nitrogen and oxygen atoms in total. The van der Waals surface area contributed by atoms with E-state index in [1.165, 1.54) is 12.1 Å². The van der Waals surface area contributed by atoms with E-state index in [1.807, 2.05) is 0 Å². The minimum absolute atomic E-state index is 0.343. The van der Waals surface area contributed by atoms with Crippen molar-refractivity contribution in [1.29, 1.82) is 0 Å². The third-order valence-electron chi connectivity index (χ3n) is 3.11. The van der Waals surface area contributed by atoms with Gasteiger partial charge in [-0.2, -0.15) is 0 Å². The van der Waals surface area contributed by atoms with Crippen LogP contribution in [0.1, 0.15) is 46.1 Å². The van der Waals surface area contributed by atoms with E-state index in [2.05, 4.69) is 27.7 Å². The van der Waals surface area contributed by atoms with Gasteiger partial charge in [0.2, 0.25) is 0 Å². The fourth-order valence-corrected chi connectivity index (χ4v) is 3.00. The van der Waals surface area contributed by atoms with Crippen LogP contribution in [0.2, 0.25) is 5.02 Å². The van der Waals surface area contributed by atoms with Crippen LogP contribution < -0.4 is 0 Å². The zero-order valence-corrected chi connectivity index (χ0v) is 13.0. The molecule has 1 N–H and O–H groups in total. The van der Waals surface area contributed by atoms with E-state index in [4.69, 9.17) is 11.6 Å². The molecule has 1 aromatic rings. The molecule has 0 amide bonds. The normalized spacial score (nSPS) is 12.5. The summed E-state index contributed by atoms with van der Waals surface area (Å²) in [6.45, 7) is 8.38. The summed E-state index contributed by atoms with van der Waals surface area (Å²) in [5, 5.41) is 11.2. The lowest BCUT2D eigenvalue weighted by molar-refractivity contribution is 0.000743. The van der Waals surface area contributed by atoms with E-state index in [0.29, 0.717) is 23.3 Å². The minimum atomic E-state index is -0.774. The van der Waals surface area contributed by atoms with Crippen LogP contribution in [0.3, 0.4) is 0 Å². The van der Waals surface area contributed by atoms with E-state index in [1.54, 1.807) is 6.07 Å². The highest BCUT2D eigenvalue weighted by Crippen LogP contribution is 2.31. The van der Waals surface area contributed by atoms with Gasteiger partial charge in [-0.25, -0.2) is 4.39 Å². The maximum atomic E-state index is 13.1. The van der Waals surface area contributed by atoms with Gasteiger partial charge in [-0.15, -0.1) is 0 Å². The average molecular weight is 287 g/mol. The summed E-state index contributed by atoms with van der Waals surface area (Å²) in [4.78, 5) is 0. The van der Waals surface area contributed by atoms with Crippen molar-refractivity contribution in [3.8, 4) is 0 Å². The van der Waals surface area contributed by atoms with Crippen LogP contribution in [0.4, 0.5) is 4.39 Å². The number of rotatable bonds is 6. The van der Waals surface area contributed by atoms with Crippen LogP contribution in [0.5, 0.6) is 0 Å². The van der Waals surface area contributed by atoms with Crippen molar-refractivity contribution in [3.63, 3.8) is 0 Å². The van der Waals surface area contributed by atoms with E-state index >= 15 is 0 Å². The third-order valence-corrected chi connectivity index (χ3v) is 3.46. The molecule has 0 atom stereocenters. The topological polar surface area (TPSA) is 20.2 Å². The zero-order valence-electron chi connectivity index (χ0n) is 12.2. The molecular weight excluding hydrogens is 263 g/mol. The van der Waals surface area contributed by atoms with E-state index in [0.717, 1.165) is 18.4 Å². The fraction of sp³-hybridized carbons (Fsp3) is 0.625. The molecule has 19 heavy (non-hydrogen) atoms. The van der Waals surface area contributed by atoms with Crippen LogP contribution in [0.25, 0.3) is 0 Å². The standard InChI is InChI=1S/C16H24ClFO/c1-11(2)8-16(19,9-12(3)4)10-13-5-6-14(18)7-15(13)17/h5-7,11-12,19H,8-10H2,1-4H3. The molecule has 0 saturated carbocycles. The molecule has 108 valence electrons. The molecule has 3 heteroatoms. The molecule has 0 fully saturated rings. The van der Waals surface area contributed by atoms with Gasteiger partial charge in [0.15, 0.2) is 0 Å². The van der Waals surface area contributed by atoms with Crippen molar-refractivity contribution >= 4 is 11.6 Å². The number of aliphatic hydroxyl groups is 1. The summed E-state index contributed by atoms with van der Waals surface area (Å²) < 4.78 is 13.1. The first-order valence-corrected chi connectivity index (χ1v) is 7.26. The summed E-state index contributed by atoms with van der Waals surface area (Å²) in [5.41, 5.74) is 0.0379. The van der Waals surface area contributed by atoms with Crippen molar-refractivity contribution < 1.29 is 9.50 Å². The van der Waals surface area contributed by atoms with Crippen molar-refractivity contribution in [3.05, 3.63) is 34.6 Å². The lowest BCUT2D eigenvalue weighted by Gasteiger charge is -2.32. The predicted octanol–water partition coefficient (Wildman–Crippen LogP) is 4.84. The second-order valence-electron chi connectivity index (χ2n) is 6.33. The van der Waals surface area contributed by atoms with Crippen molar-refractivity contribution in [2.45, 2.75) is 52.6 Å². The summed E-state index contributed by atoms with van der Waals surface area (Å²) in [6, 6.07) is 4.37. The summed E-state index contributed by atoms with van der Waals surface area (Å²) in [5.74, 6) is 0.468.